The van der Waals surface area contributed by atoms with Crippen LogP contribution in [0, 0.1) is 5.92 Å². The van der Waals surface area contributed by atoms with E-state index in [0.29, 0.717) is 18.5 Å². The third-order valence-corrected chi connectivity index (χ3v) is 5.55. The van der Waals surface area contributed by atoms with E-state index in [-0.39, 0.29) is 12.1 Å². The van der Waals surface area contributed by atoms with E-state index in [0.717, 1.165) is 31.4 Å². The average Bonchev–Trinajstić information content (AvgIpc) is 2.85. The van der Waals surface area contributed by atoms with Gasteiger partial charge in [-0.25, -0.2) is 4.79 Å². The summed E-state index contributed by atoms with van der Waals surface area (Å²) in [5, 5.41) is 3.36. The molecule has 4 heteroatoms. The fraction of sp³-hybridized carbons (Fsp3) is 0.783. The van der Waals surface area contributed by atoms with Crippen LogP contribution in [0.1, 0.15) is 79.6 Å². The number of amides is 2. The Labute approximate surface area is 168 Å². The number of nitrogens with one attached hydrogen (secondary N) is 1. The van der Waals surface area contributed by atoms with Crippen LogP contribution in [0.15, 0.2) is 23.4 Å². The number of allylic oxidation sites excluding steroid dienone is 3. The summed E-state index contributed by atoms with van der Waals surface area (Å²) in [7, 11) is 4.31. The topological polar surface area (TPSA) is 35.6 Å². The molecule has 1 aliphatic carbocycles. The van der Waals surface area contributed by atoms with Crippen molar-refractivity contribution in [1.29, 1.82) is 0 Å². The van der Waals surface area contributed by atoms with Crippen molar-refractivity contribution in [3.63, 3.8) is 0 Å². The number of hydrogen-bond donors (Lipinski definition) is 1. The van der Waals surface area contributed by atoms with Crippen LogP contribution in [0.2, 0.25) is 0 Å². The van der Waals surface area contributed by atoms with Gasteiger partial charge in [-0.1, -0.05) is 52.7 Å². The van der Waals surface area contributed by atoms with Gasteiger partial charge in [0.05, 0.1) is 0 Å². The lowest BCUT2D eigenvalue weighted by molar-refractivity contribution is 0.201. The molecule has 0 bridgehead atoms. The van der Waals surface area contributed by atoms with Crippen LogP contribution >= 0.6 is 0 Å². The Bertz CT molecular complexity index is 508. The molecule has 27 heavy (non-hydrogen) atoms. The average molecular weight is 378 g/mol. The second kappa shape index (κ2) is 12.2. The molecule has 0 spiro atoms. The van der Waals surface area contributed by atoms with Crippen LogP contribution in [0.5, 0.6) is 0 Å². The van der Waals surface area contributed by atoms with Crippen molar-refractivity contribution in [2.75, 3.05) is 20.6 Å². The molecule has 1 fully saturated rings. The number of carbonyl (C=O) groups excluding carboxylic acids is 1. The molecule has 1 aliphatic rings. The first-order chi connectivity index (χ1) is 12.8. The molecule has 0 aromatic heterocycles. The fourth-order valence-electron chi connectivity index (χ4n) is 4.04. The van der Waals surface area contributed by atoms with Gasteiger partial charge in [-0.05, 0) is 64.6 Å². The van der Waals surface area contributed by atoms with Crippen molar-refractivity contribution in [2.24, 2.45) is 5.92 Å². The van der Waals surface area contributed by atoms with Gasteiger partial charge in [0.1, 0.15) is 0 Å². The summed E-state index contributed by atoms with van der Waals surface area (Å²) >= 11 is 0. The standard InChI is InChI=1S/C23H43N3O/c1-8-13-21(18(4)5)22(14-9-2)26(10-3)23(27)24-19-15-11-12-16-20(17-19)25(6)7/h13-14,18-20H,8-12,15-17H2,1-7H3,(H,24,27)/b21-13-,22-14+. The van der Waals surface area contributed by atoms with E-state index in [9.17, 15) is 4.79 Å². The monoisotopic (exact) mass is 377 g/mol. The Morgan fingerprint density at radius 2 is 1.70 bits per heavy atom. The van der Waals surface area contributed by atoms with Crippen molar-refractivity contribution in [3.8, 4) is 0 Å². The lowest BCUT2D eigenvalue weighted by Crippen LogP contribution is -2.46. The molecule has 0 saturated heterocycles. The van der Waals surface area contributed by atoms with Gasteiger partial charge in [0.2, 0.25) is 0 Å². The molecule has 2 unspecified atom stereocenters. The molecule has 2 amide bonds. The number of hydrogen-bond acceptors (Lipinski definition) is 2. The van der Waals surface area contributed by atoms with Crippen molar-refractivity contribution < 1.29 is 4.79 Å². The smallest absolute Gasteiger partial charge is 0.322 e. The van der Waals surface area contributed by atoms with Crippen molar-refractivity contribution in [2.45, 2.75) is 91.6 Å². The van der Waals surface area contributed by atoms with E-state index < -0.39 is 0 Å². The summed E-state index contributed by atoms with van der Waals surface area (Å²) in [6, 6.07) is 0.885. The van der Waals surface area contributed by atoms with Gasteiger partial charge in [0, 0.05) is 24.3 Å². The minimum absolute atomic E-state index is 0.0595. The highest BCUT2D eigenvalue weighted by atomic mass is 16.2. The van der Waals surface area contributed by atoms with Crippen LogP contribution in [-0.2, 0) is 0 Å². The largest absolute Gasteiger partial charge is 0.335 e. The molecule has 4 nitrogen and oxygen atoms in total. The highest BCUT2D eigenvalue weighted by Crippen LogP contribution is 2.26. The van der Waals surface area contributed by atoms with Crippen molar-refractivity contribution in [1.82, 2.24) is 15.1 Å². The van der Waals surface area contributed by atoms with Crippen LogP contribution in [0.3, 0.4) is 0 Å². The first-order valence-electron chi connectivity index (χ1n) is 11.0. The van der Waals surface area contributed by atoms with Gasteiger partial charge >= 0.3 is 6.03 Å². The maximum Gasteiger partial charge on any atom is 0.322 e. The summed E-state index contributed by atoms with van der Waals surface area (Å²) in [6.45, 7) is 11.5. The predicted molar refractivity (Wildman–Crippen MR) is 117 cm³/mol. The first kappa shape index (κ1) is 23.7. The zero-order valence-electron chi connectivity index (χ0n) is 18.8. The maximum atomic E-state index is 13.2. The van der Waals surface area contributed by atoms with Crippen LogP contribution < -0.4 is 5.32 Å². The summed E-state index contributed by atoms with van der Waals surface area (Å²) in [5.74, 6) is 0.403. The van der Waals surface area contributed by atoms with E-state index in [1.165, 1.54) is 24.8 Å². The summed E-state index contributed by atoms with van der Waals surface area (Å²) in [4.78, 5) is 17.5. The Balaban J connectivity index is 2.98. The SMILES string of the molecule is CC/C=C(\C(=C/CC)N(CC)C(=O)NC1CCCCC(N(C)C)C1)C(C)C. The molecule has 1 rings (SSSR count). The van der Waals surface area contributed by atoms with Crippen LogP contribution in [-0.4, -0.2) is 48.6 Å². The highest BCUT2D eigenvalue weighted by molar-refractivity contribution is 5.77. The van der Waals surface area contributed by atoms with Gasteiger partial charge in [-0.2, -0.15) is 0 Å². The van der Waals surface area contributed by atoms with E-state index in [1.807, 2.05) is 4.90 Å². The minimum Gasteiger partial charge on any atom is -0.335 e. The number of rotatable bonds is 8. The molecular formula is C23H43N3O. The number of urea groups is 1. The Morgan fingerprint density at radius 1 is 1.07 bits per heavy atom. The van der Waals surface area contributed by atoms with Gasteiger partial charge < -0.3 is 10.2 Å². The Kier molecular flexibility index (Phi) is 10.8. The van der Waals surface area contributed by atoms with Gasteiger partial charge in [0.15, 0.2) is 0 Å². The fourth-order valence-corrected chi connectivity index (χ4v) is 4.04. The van der Waals surface area contributed by atoms with Gasteiger partial charge in [-0.3, -0.25) is 4.90 Å². The lowest BCUT2D eigenvalue weighted by Gasteiger charge is -2.31. The Morgan fingerprint density at radius 3 is 2.22 bits per heavy atom. The lowest BCUT2D eigenvalue weighted by atomic mass is 9.97. The first-order valence-corrected chi connectivity index (χ1v) is 11.0. The number of likely N-dealkylation sites (N-methyl/N-ethyl adjacent to an activating group) is 1. The third-order valence-electron chi connectivity index (χ3n) is 5.55. The Hall–Kier alpha value is -1.29. The third kappa shape index (κ3) is 7.33. The maximum absolute atomic E-state index is 13.2. The van der Waals surface area contributed by atoms with Gasteiger partial charge in [0.25, 0.3) is 0 Å². The van der Waals surface area contributed by atoms with Crippen LogP contribution in [0.25, 0.3) is 0 Å². The van der Waals surface area contributed by atoms with Crippen LogP contribution in [0.4, 0.5) is 4.79 Å². The molecule has 0 heterocycles. The molecule has 0 radical (unpaired) electrons. The molecule has 1 N–H and O–H groups in total. The second-order valence-corrected chi connectivity index (χ2v) is 8.25. The van der Waals surface area contributed by atoms with Crippen molar-refractivity contribution >= 4 is 6.03 Å². The molecular weight excluding hydrogens is 334 g/mol. The highest BCUT2D eigenvalue weighted by Gasteiger charge is 2.26. The second-order valence-electron chi connectivity index (χ2n) is 8.25. The number of nitrogens with zero attached hydrogens (tertiary/aromatic N) is 2. The molecule has 1 saturated carbocycles. The molecule has 0 aliphatic heterocycles. The molecule has 0 aromatic rings. The molecule has 156 valence electrons. The van der Waals surface area contributed by atoms with E-state index in [4.69, 9.17) is 0 Å². The van der Waals surface area contributed by atoms with E-state index in [2.05, 4.69) is 71.1 Å². The predicted octanol–water partition coefficient (Wildman–Crippen LogP) is 5.57. The number of carbonyl (C=O) groups is 1. The molecule has 2 atom stereocenters. The summed E-state index contributed by atoms with van der Waals surface area (Å²) < 4.78 is 0. The minimum atomic E-state index is 0.0595. The van der Waals surface area contributed by atoms with Crippen molar-refractivity contribution in [3.05, 3.63) is 23.4 Å². The van der Waals surface area contributed by atoms with Gasteiger partial charge in [-0.15, -0.1) is 0 Å². The zero-order chi connectivity index (χ0) is 20.4. The molecule has 0 aromatic carbocycles. The quantitative estimate of drug-likeness (QED) is 0.443. The summed E-state index contributed by atoms with van der Waals surface area (Å²) in [5.41, 5.74) is 2.37. The van der Waals surface area contributed by atoms with E-state index in [1.54, 1.807) is 0 Å². The summed E-state index contributed by atoms with van der Waals surface area (Å²) in [6.07, 6.45) is 12.2. The normalized spacial score (nSPS) is 22.1. The van der Waals surface area contributed by atoms with E-state index >= 15 is 0 Å². The zero-order valence-corrected chi connectivity index (χ0v) is 18.8.